The number of halogens is 2. The second kappa shape index (κ2) is 4.34. The minimum absolute atomic E-state index is 0.165. The molecule has 0 bridgehead atoms. The maximum absolute atomic E-state index is 13.5. The summed E-state index contributed by atoms with van der Waals surface area (Å²) in [6, 6.07) is 5.29. The molecule has 0 fully saturated rings. The molecule has 0 aliphatic carbocycles. The second-order valence-corrected chi connectivity index (χ2v) is 3.61. The quantitative estimate of drug-likeness (QED) is 0.799. The zero-order chi connectivity index (χ0) is 12.4. The molecule has 86 valence electrons. The van der Waals surface area contributed by atoms with Gasteiger partial charge < -0.3 is 0 Å². The third-order valence-corrected chi connectivity index (χ3v) is 2.43. The lowest BCUT2D eigenvalue weighted by Crippen LogP contribution is -1.99. The summed E-state index contributed by atoms with van der Waals surface area (Å²) in [5.74, 6) is -1.32. The Bertz CT molecular complexity index is 596. The molecule has 3 nitrogen and oxygen atoms in total. The van der Waals surface area contributed by atoms with Crippen LogP contribution in [0.5, 0.6) is 0 Å². The summed E-state index contributed by atoms with van der Waals surface area (Å²) in [5.41, 5.74) is 1.56. The molecule has 0 N–H and O–H groups in total. The van der Waals surface area contributed by atoms with Gasteiger partial charge in [0.05, 0.1) is 18.2 Å². The van der Waals surface area contributed by atoms with Crippen LogP contribution in [0.2, 0.25) is 0 Å². The fourth-order valence-electron chi connectivity index (χ4n) is 1.54. The van der Waals surface area contributed by atoms with E-state index in [0.29, 0.717) is 5.69 Å². The van der Waals surface area contributed by atoms with Crippen LogP contribution in [0.1, 0.15) is 11.3 Å². The van der Waals surface area contributed by atoms with Gasteiger partial charge in [-0.05, 0) is 19.1 Å². The van der Waals surface area contributed by atoms with Crippen LogP contribution in [0, 0.1) is 29.9 Å². The van der Waals surface area contributed by atoms with Crippen LogP contribution in [0.4, 0.5) is 8.78 Å². The van der Waals surface area contributed by atoms with E-state index in [-0.39, 0.29) is 12.1 Å². The largest absolute Gasteiger partial charge is 0.237 e. The Balaban J connectivity index is 2.47. The van der Waals surface area contributed by atoms with Crippen LogP contribution in [-0.2, 0) is 6.42 Å². The zero-order valence-electron chi connectivity index (χ0n) is 9.11. The molecular weight excluding hydrogens is 224 g/mol. The zero-order valence-corrected chi connectivity index (χ0v) is 9.11. The maximum atomic E-state index is 13.5. The highest BCUT2D eigenvalue weighted by Crippen LogP contribution is 2.16. The number of benzene rings is 1. The summed E-state index contributed by atoms with van der Waals surface area (Å²) in [5, 5.41) is 12.7. The maximum Gasteiger partial charge on any atom is 0.151 e. The molecule has 0 amide bonds. The first-order valence-electron chi connectivity index (χ1n) is 4.99. The van der Waals surface area contributed by atoms with Gasteiger partial charge in [0.2, 0.25) is 0 Å². The van der Waals surface area contributed by atoms with Gasteiger partial charge in [0.15, 0.2) is 5.82 Å². The fourth-order valence-corrected chi connectivity index (χ4v) is 1.54. The van der Waals surface area contributed by atoms with E-state index in [2.05, 4.69) is 5.10 Å². The van der Waals surface area contributed by atoms with Gasteiger partial charge in [0, 0.05) is 17.8 Å². The van der Waals surface area contributed by atoms with Gasteiger partial charge in [0.25, 0.3) is 0 Å². The van der Waals surface area contributed by atoms with Crippen molar-refractivity contribution in [3.05, 3.63) is 47.3 Å². The Morgan fingerprint density at radius 1 is 1.41 bits per heavy atom. The average Bonchev–Trinajstić information content (AvgIpc) is 2.60. The molecule has 2 aromatic rings. The standard InChI is InChI=1S/C12H9F2N3/c1-8-9(4-5-15)7-17(16-8)12-3-2-10(13)6-11(12)14/h2-3,6-7H,4H2,1H3. The van der Waals surface area contributed by atoms with Gasteiger partial charge in [-0.3, -0.25) is 0 Å². The van der Waals surface area contributed by atoms with Crippen LogP contribution < -0.4 is 0 Å². The molecule has 0 unspecified atom stereocenters. The van der Waals surface area contributed by atoms with Crippen molar-refractivity contribution < 1.29 is 8.78 Å². The molecular formula is C12H9F2N3. The summed E-state index contributed by atoms with van der Waals surface area (Å²) >= 11 is 0. The second-order valence-electron chi connectivity index (χ2n) is 3.61. The van der Waals surface area contributed by atoms with Crippen LogP contribution in [-0.4, -0.2) is 9.78 Å². The van der Waals surface area contributed by atoms with E-state index in [1.807, 2.05) is 6.07 Å². The highest BCUT2D eigenvalue weighted by Gasteiger charge is 2.10. The van der Waals surface area contributed by atoms with E-state index >= 15 is 0 Å². The topological polar surface area (TPSA) is 41.6 Å². The van der Waals surface area contributed by atoms with Crippen molar-refractivity contribution in [2.45, 2.75) is 13.3 Å². The van der Waals surface area contributed by atoms with Gasteiger partial charge in [-0.2, -0.15) is 10.4 Å². The molecule has 1 aromatic carbocycles. The molecule has 1 aromatic heterocycles. The van der Waals surface area contributed by atoms with Crippen molar-refractivity contribution in [3.8, 4) is 11.8 Å². The van der Waals surface area contributed by atoms with Crippen LogP contribution >= 0.6 is 0 Å². The van der Waals surface area contributed by atoms with Crippen molar-refractivity contribution in [1.29, 1.82) is 5.26 Å². The van der Waals surface area contributed by atoms with E-state index in [9.17, 15) is 8.78 Å². The molecule has 0 radical (unpaired) electrons. The number of nitrogens with zero attached hydrogens (tertiary/aromatic N) is 3. The Morgan fingerprint density at radius 2 is 2.18 bits per heavy atom. The molecule has 1 heterocycles. The van der Waals surface area contributed by atoms with E-state index < -0.39 is 11.6 Å². The Morgan fingerprint density at radius 3 is 2.82 bits per heavy atom. The van der Waals surface area contributed by atoms with Crippen LogP contribution in [0.15, 0.2) is 24.4 Å². The Kier molecular flexibility index (Phi) is 2.88. The fraction of sp³-hybridized carbons (Fsp3) is 0.167. The van der Waals surface area contributed by atoms with Crippen molar-refractivity contribution in [2.75, 3.05) is 0 Å². The third kappa shape index (κ3) is 2.16. The van der Waals surface area contributed by atoms with Gasteiger partial charge in [-0.15, -0.1) is 0 Å². The predicted octanol–water partition coefficient (Wildman–Crippen LogP) is 2.53. The minimum atomic E-state index is -0.684. The van der Waals surface area contributed by atoms with E-state index in [1.54, 1.807) is 13.1 Å². The van der Waals surface area contributed by atoms with Crippen molar-refractivity contribution >= 4 is 0 Å². The number of hydrogen-bond donors (Lipinski definition) is 0. The van der Waals surface area contributed by atoms with Gasteiger partial charge in [-0.1, -0.05) is 0 Å². The normalized spacial score (nSPS) is 10.2. The van der Waals surface area contributed by atoms with Crippen molar-refractivity contribution in [3.63, 3.8) is 0 Å². The number of aryl methyl sites for hydroxylation is 1. The molecule has 0 aliphatic heterocycles. The third-order valence-electron chi connectivity index (χ3n) is 2.43. The molecule has 0 atom stereocenters. The van der Waals surface area contributed by atoms with Crippen LogP contribution in [0.25, 0.3) is 5.69 Å². The lowest BCUT2D eigenvalue weighted by atomic mass is 10.2. The summed E-state index contributed by atoms with van der Waals surface area (Å²) in [4.78, 5) is 0. The molecule has 5 heteroatoms. The lowest BCUT2D eigenvalue weighted by Gasteiger charge is -2.02. The molecule has 0 saturated carbocycles. The monoisotopic (exact) mass is 233 g/mol. The Hall–Kier alpha value is -2.22. The number of aromatic nitrogens is 2. The molecule has 0 aliphatic rings. The molecule has 2 rings (SSSR count). The average molecular weight is 233 g/mol. The molecule has 0 spiro atoms. The van der Waals surface area contributed by atoms with Gasteiger partial charge in [0.1, 0.15) is 11.5 Å². The van der Waals surface area contributed by atoms with Gasteiger partial charge >= 0.3 is 0 Å². The number of nitriles is 1. The summed E-state index contributed by atoms with van der Waals surface area (Å²) < 4.78 is 27.6. The van der Waals surface area contributed by atoms with Crippen molar-refractivity contribution in [1.82, 2.24) is 9.78 Å². The SMILES string of the molecule is Cc1nn(-c2ccc(F)cc2F)cc1CC#N. The lowest BCUT2D eigenvalue weighted by molar-refractivity contribution is 0.573. The van der Waals surface area contributed by atoms with Crippen LogP contribution in [0.3, 0.4) is 0 Å². The molecule has 17 heavy (non-hydrogen) atoms. The predicted molar refractivity (Wildman–Crippen MR) is 57.5 cm³/mol. The minimum Gasteiger partial charge on any atom is -0.237 e. The van der Waals surface area contributed by atoms with Gasteiger partial charge in [-0.25, -0.2) is 13.5 Å². The van der Waals surface area contributed by atoms with E-state index in [1.165, 1.54) is 16.8 Å². The summed E-state index contributed by atoms with van der Waals surface area (Å²) in [6.45, 7) is 1.74. The highest BCUT2D eigenvalue weighted by molar-refractivity contribution is 5.35. The smallest absolute Gasteiger partial charge is 0.151 e. The summed E-state index contributed by atoms with van der Waals surface area (Å²) in [7, 11) is 0. The Labute approximate surface area is 96.9 Å². The first-order chi connectivity index (χ1) is 8.11. The first-order valence-corrected chi connectivity index (χ1v) is 4.99. The molecule has 0 saturated heterocycles. The summed E-state index contributed by atoms with van der Waals surface area (Å²) in [6.07, 6.45) is 1.80. The first kappa shape index (κ1) is 11.3. The highest BCUT2D eigenvalue weighted by atomic mass is 19.1. The number of hydrogen-bond acceptors (Lipinski definition) is 2. The van der Waals surface area contributed by atoms with E-state index in [4.69, 9.17) is 5.26 Å². The van der Waals surface area contributed by atoms with Crippen molar-refractivity contribution in [2.24, 2.45) is 0 Å². The van der Waals surface area contributed by atoms with E-state index in [0.717, 1.165) is 11.6 Å². The number of rotatable bonds is 2.